The smallest absolute Gasteiger partial charge is 0.127 e. The fraction of sp³-hybridized carbons (Fsp3) is 0.0952. The van der Waals surface area contributed by atoms with Gasteiger partial charge in [0.05, 0.1) is 6.04 Å². The van der Waals surface area contributed by atoms with Gasteiger partial charge in [0.2, 0.25) is 0 Å². The van der Waals surface area contributed by atoms with E-state index in [2.05, 4.69) is 4.99 Å². The molecule has 0 aliphatic rings. The summed E-state index contributed by atoms with van der Waals surface area (Å²) in [6.45, 7) is 1.97. The lowest BCUT2D eigenvalue weighted by molar-refractivity contribution is 0.482. The van der Waals surface area contributed by atoms with Gasteiger partial charge in [0.25, 0.3) is 0 Å². The van der Waals surface area contributed by atoms with E-state index in [-0.39, 0.29) is 6.04 Å². The fourth-order valence-electron chi connectivity index (χ4n) is 2.43. The zero-order chi connectivity index (χ0) is 17.6. The van der Waals surface area contributed by atoms with Crippen LogP contribution < -0.4 is 4.74 Å². The first-order chi connectivity index (χ1) is 12.1. The molecule has 0 aliphatic heterocycles. The molecule has 2 nitrogen and oxygen atoms in total. The maximum Gasteiger partial charge on any atom is 0.127 e. The lowest BCUT2D eigenvalue weighted by Gasteiger charge is -2.11. The maximum atomic E-state index is 6.23. The molecule has 3 aromatic carbocycles. The van der Waals surface area contributed by atoms with Gasteiger partial charge >= 0.3 is 0 Å². The van der Waals surface area contributed by atoms with Gasteiger partial charge in [0.15, 0.2) is 0 Å². The molecule has 3 rings (SSSR count). The zero-order valence-corrected chi connectivity index (χ0v) is 15.2. The third kappa shape index (κ3) is 4.62. The van der Waals surface area contributed by atoms with Crippen molar-refractivity contribution < 1.29 is 4.74 Å². The normalized spacial score (nSPS) is 12.3. The van der Waals surface area contributed by atoms with Gasteiger partial charge in [-0.05, 0) is 61.0 Å². The van der Waals surface area contributed by atoms with E-state index in [0.29, 0.717) is 10.0 Å². The minimum Gasteiger partial charge on any atom is -0.457 e. The third-order valence-corrected chi connectivity index (χ3v) is 4.38. The Morgan fingerprint density at radius 3 is 2.04 bits per heavy atom. The molecule has 126 valence electrons. The highest BCUT2D eigenvalue weighted by atomic mass is 35.5. The van der Waals surface area contributed by atoms with E-state index < -0.39 is 0 Å². The molecule has 1 atom stereocenters. The molecule has 0 amide bonds. The molecule has 0 heterocycles. The molecule has 0 bridgehead atoms. The van der Waals surface area contributed by atoms with Crippen molar-refractivity contribution in [2.75, 3.05) is 0 Å². The molecule has 0 saturated carbocycles. The van der Waals surface area contributed by atoms with Crippen LogP contribution in [-0.2, 0) is 0 Å². The second-order valence-corrected chi connectivity index (χ2v) is 6.39. The Morgan fingerprint density at radius 2 is 1.40 bits per heavy atom. The predicted octanol–water partition coefficient (Wildman–Crippen LogP) is 6.97. The Hall–Kier alpha value is -2.29. The van der Waals surface area contributed by atoms with Gasteiger partial charge in [-0.2, -0.15) is 0 Å². The van der Waals surface area contributed by atoms with Crippen molar-refractivity contribution in [2.24, 2.45) is 4.99 Å². The summed E-state index contributed by atoms with van der Waals surface area (Å²) in [6, 6.07) is 22.8. The highest BCUT2D eigenvalue weighted by Crippen LogP contribution is 2.32. The summed E-state index contributed by atoms with van der Waals surface area (Å²) in [4.78, 5) is 4.57. The van der Waals surface area contributed by atoms with Crippen molar-refractivity contribution in [3.8, 4) is 11.5 Å². The van der Waals surface area contributed by atoms with Gasteiger partial charge in [0.1, 0.15) is 11.5 Å². The highest BCUT2D eigenvalue weighted by Gasteiger charge is 2.11. The van der Waals surface area contributed by atoms with Gasteiger partial charge < -0.3 is 4.74 Å². The van der Waals surface area contributed by atoms with Crippen LogP contribution in [0, 0.1) is 0 Å². The van der Waals surface area contributed by atoms with E-state index >= 15 is 0 Å². The number of hydrogen-bond donors (Lipinski definition) is 0. The van der Waals surface area contributed by atoms with Crippen LogP contribution in [0.2, 0.25) is 10.0 Å². The van der Waals surface area contributed by atoms with Gasteiger partial charge in [0, 0.05) is 21.8 Å². The summed E-state index contributed by atoms with van der Waals surface area (Å²) in [6.07, 6.45) is 1.82. The molecule has 0 spiro atoms. The summed E-state index contributed by atoms with van der Waals surface area (Å²) in [7, 11) is 0. The lowest BCUT2D eigenvalue weighted by atomic mass is 10.1. The summed E-state index contributed by atoms with van der Waals surface area (Å²) in [5.74, 6) is 1.59. The van der Waals surface area contributed by atoms with E-state index in [1.54, 1.807) is 0 Å². The number of aliphatic imine (C=N–C) groups is 1. The second kappa shape index (κ2) is 8.19. The molecule has 4 heteroatoms. The Labute approximate surface area is 157 Å². The SMILES string of the molecule is CC(N=Cc1ccc(Oc2ccccc2)cc1)c1c(Cl)cccc1Cl. The predicted molar refractivity (Wildman–Crippen MR) is 105 cm³/mol. The molecular formula is C21H17Cl2NO. The largest absolute Gasteiger partial charge is 0.457 e. The summed E-state index contributed by atoms with van der Waals surface area (Å²) >= 11 is 12.5. The number of halogens is 2. The maximum absolute atomic E-state index is 6.23. The first-order valence-corrected chi connectivity index (χ1v) is 8.69. The van der Waals surface area contributed by atoms with Gasteiger partial charge in [-0.15, -0.1) is 0 Å². The number of rotatable bonds is 5. The quantitative estimate of drug-likeness (QED) is 0.445. The molecule has 0 aromatic heterocycles. The fourth-order valence-corrected chi connectivity index (χ4v) is 3.14. The number of benzene rings is 3. The van der Waals surface area contributed by atoms with Crippen LogP contribution in [-0.4, -0.2) is 6.21 Å². The average molecular weight is 370 g/mol. The number of para-hydroxylation sites is 1. The molecular weight excluding hydrogens is 353 g/mol. The molecule has 0 saturated heterocycles. The van der Waals surface area contributed by atoms with Crippen LogP contribution in [0.25, 0.3) is 0 Å². The van der Waals surface area contributed by atoms with E-state index in [0.717, 1.165) is 22.6 Å². The highest BCUT2D eigenvalue weighted by molar-refractivity contribution is 6.36. The molecule has 0 fully saturated rings. The van der Waals surface area contributed by atoms with E-state index in [9.17, 15) is 0 Å². The lowest BCUT2D eigenvalue weighted by Crippen LogP contribution is -1.94. The number of hydrogen-bond acceptors (Lipinski definition) is 2. The second-order valence-electron chi connectivity index (χ2n) is 5.57. The van der Waals surface area contributed by atoms with Crippen molar-refractivity contribution in [3.63, 3.8) is 0 Å². The zero-order valence-electron chi connectivity index (χ0n) is 13.7. The molecule has 0 N–H and O–H groups in total. The third-order valence-electron chi connectivity index (χ3n) is 3.72. The first kappa shape index (κ1) is 17.5. The molecule has 0 radical (unpaired) electrons. The van der Waals surface area contributed by atoms with Crippen molar-refractivity contribution >= 4 is 29.4 Å². The summed E-state index contributed by atoms with van der Waals surface area (Å²) < 4.78 is 5.78. The van der Waals surface area contributed by atoms with Crippen molar-refractivity contribution in [2.45, 2.75) is 13.0 Å². The summed E-state index contributed by atoms with van der Waals surface area (Å²) in [5.41, 5.74) is 1.82. The molecule has 1 unspecified atom stereocenters. The number of nitrogens with zero attached hydrogens (tertiary/aromatic N) is 1. The molecule has 3 aromatic rings. The van der Waals surface area contributed by atoms with Crippen LogP contribution >= 0.6 is 23.2 Å². The monoisotopic (exact) mass is 369 g/mol. The van der Waals surface area contributed by atoms with Crippen molar-refractivity contribution in [1.82, 2.24) is 0 Å². The topological polar surface area (TPSA) is 21.6 Å². The van der Waals surface area contributed by atoms with Crippen molar-refractivity contribution in [3.05, 3.63) is 94.0 Å². The van der Waals surface area contributed by atoms with Crippen molar-refractivity contribution in [1.29, 1.82) is 0 Å². The first-order valence-electron chi connectivity index (χ1n) is 7.93. The van der Waals surface area contributed by atoms with Crippen LogP contribution in [0.4, 0.5) is 0 Å². The van der Waals surface area contributed by atoms with Crippen LogP contribution in [0.1, 0.15) is 24.1 Å². The van der Waals surface area contributed by atoms with E-state index in [1.807, 2.05) is 85.9 Å². The Kier molecular flexibility index (Phi) is 5.75. The minimum atomic E-state index is -0.124. The van der Waals surface area contributed by atoms with Crippen LogP contribution in [0.15, 0.2) is 77.8 Å². The van der Waals surface area contributed by atoms with E-state index in [4.69, 9.17) is 27.9 Å². The van der Waals surface area contributed by atoms with Crippen LogP contribution in [0.5, 0.6) is 11.5 Å². The van der Waals surface area contributed by atoms with Gasteiger partial charge in [-0.25, -0.2) is 0 Å². The number of ether oxygens (including phenoxy) is 1. The Bertz CT molecular complexity index is 841. The molecule has 0 aliphatic carbocycles. The Morgan fingerprint density at radius 1 is 0.800 bits per heavy atom. The van der Waals surface area contributed by atoms with Crippen LogP contribution in [0.3, 0.4) is 0 Å². The van der Waals surface area contributed by atoms with Gasteiger partial charge in [-0.3, -0.25) is 4.99 Å². The summed E-state index contributed by atoms with van der Waals surface area (Å²) in [5, 5.41) is 1.26. The van der Waals surface area contributed by atoms with E-state index in [1.165, 1.54) is 0 Å². The van der Waals surface area contributed by atoms with Gasteiger partial charge in [-0.1, -0.05) is 47.5 Å². The minimum absolute atomic E-state index is 0.124. The molecule has 25 heavy (non-hydrogen) atoms. The average Bonchev–Trinajstić information content (AvgIpc) is 2.62. The Balaban J connectivity index is 1.69. The standard InChI is InChI=1S/C21H17Cl2NO/c1-15(21-19(22)8-5-9-20(21)23)24-14-16-10-12-18(13-11-16)25-17-6-3-2-4-7-17/h2-15H,1H3.